The fourth-order valence-electron chi connectivity index (χ4n) is 2.12. The van der Waals surface area contributed by atoms with Gasteiger partial charge in [-0.15, -0.1) is 0 Å². The minimum absolute atomic E-state index is 0.116. The highest BCUT2D eigenvalue weighted by Gasteiger charge is 2.19. The Morgan fingerprint density at radius 2 is 1.62 bits per heavy atom. The number of halogens is 2. The fraction of sp³-hybridized carbons (Fsp3) is 0.385. The molecule has 1 nitrogen and oxygen atoms in total. The molecule has 0 unspecified atom stereocenters. The predicted octanol–water partition coefficient (Wildman–Crippen LogP) is 3.60. The molecule has 0 N–H and O–H groups in total. The molecular weight excluding hydrogens is 208 g/mol. The topological polar surface area (TPSA) is 3.24 Å². The summed E-state index contributed by atoms with van der Waals surface area (Å²) in [5.41, 5.74) is 0.598. The predicted molar refractivity (Wildman–Crippen MR) is 62.5 cm³/mol. The summed E-state index contributed by atoms with van der Waals surface area (Å²) in [6, 6.07) is 2.67. The first kappa shape index (κ1) is 11.1. The molecule has 0 saturated carbocycles. The molecule has 0 amide bonds. The van der Waals surface area contributed by atoms with Crippen LogP contribution in [0.1, 0.15) is 24.8 Å². The van der Waals surface area contributed by atoms with Crippen LogP contribution in [0.4, 0.5) is 14.5 Å². The summed E-state index contributed by atoms with van der Waals surface area (Å²) in [5.74, 6) is -0.978. The van der Waals surface area contributed by atoms with Crippen molar-refractivity contribution < 1.29 is 8.78 Å². The van der Waals surface area contributed by atoms with E-state index < -0.39 is 11.6 Å². The molecule has 0 aliphatic carbocycles. The molecule has 86 valence electrons. The number of rotatable bonds is 2. The summed E-state index contributed by atoms with van der Waals surface area (Å²) in [4.78, 5) is 1.79. The van der Waals surface area contributed by atoms with Gasteiger partial charge in [-0.25, -0.2) is 8.78 Å². The van der Waals surface area contributed by atoms with E-state index in [1.807, 2.05) is 0 Å². The number of nitrogens with zero attached hydrogens (tertiary/aromatic N) is 1. The van der Waals surface area contributed by atoms with E-state index in [0.717, 1.165) is 32.4 Å². The lowest BCUT2D eigenvalue weighted by molar-refractivity contribution is 0.530. The molecule has 0 bridgehead atoms. The van der Waals surface area contributed by atoms with Crippen molar-refractivity contribution >= 4 is 11.8 Å². The molecule has 2 rings (SSSR count). The molecule has 0 radical (unpaired) electrons. The maximum atomic E-state index is 13.8. The summed E-state index contributed by atoms with van der Waals surface area (Å²) in [5, 5.41) is 0. The van der Waals surface area contributed by atoms with Crippen molar-refractivity contribution in [1.29, 1.82) is 0 Å². The average Bonchev–Trinajstić information content (AvgIpc) is 2.29. The lowest BCUT2D eigenvalue weighted by Gasteiger charge is -2.29. The zero-order chi connectivity index (χ0) is 11.5. The number of hydrogen-bond donors (Lipinski definition) is 0. The smallest absolute Gasteiger partial charge is 0.150 e. The molecule has 0 atom stereocenters. The van der Waals surface area contributed by atoms with Crippen LogP contribution in [0.25, 0.3) is 6.08 Å². The largest absolute Gasteiger partial charge is 0.367 e. The van der Waals surface area contributed by atoms with Crippen LogP contribution in [0.5, 0.6) is 0 Å². The highest BCUT2D eigenvalue weighted by molar-refractivity contribution is 5.57. The maximum absolute atomic E-state index is 13.8. The van der Waals surface area contributed by atoms with Crippen molar-refractivity contribution in [3.8, 4) is 0 Å². The van der Waals surface area contributed by atoms with Gasteiger partial charge in [0.15, 0.2) is 0 Å². The van der Waals surface area contributed by atoms with E-state index in [2.05, 4.69) is 6.58 Å². The Bertz CT molecular complexity index is 372. The minimum atomic E-state index is -0.489. The zero-order valence-corrected chi connectivity index (χ0v) is 9.18. The second kappa shape index (κ2) is 4.64. The summed E-state index contributed by atoms with van der Waals surface area (Å²) in [6.45, 7) is 4.98. The van der Waals surface area contributed by atoms with Crippen LogP contribution in [0.15, 0.2) is 18.7 Å². The molecule has 0 spiro atoms. The van der Waals surface area contributed by atoms with E-state index in [9.17, 15) is 8.78 Å². The van der Waals surface area contributed by atoms with Gasteiger partial charge >= 0.3 is 0 Å². The van der Waals surface area contributed by atoms with Crippen molar-refractivity contribution in [2.45, 2.75) is 19.3 Å². The Kier molecular flexibility index (Phi) is 3.22. The molecule has 1 aliphatic heterocycles. The van der Waals surface area contributed by atoms with Crippen LogP contribution >= 0.6 is 0 Å². The third-order valence-corrected chi connectivity index (χ3v) is 2.95. The van der Waals surface area contributed by atoms with E-state index in [4.69, 9.17) is 0 Å². The molecule has 1 aromatic rings. The quantitative estimate of drug-likeness (QED) is 0.740. The number of hydrogen-bond acceptors (Lipinski definition) is 1. The molecular formula is C13H15F2N. The number of piperidine rings is 1. The van der Waals surface area contributed by atoms with E-state index in [0.29, 0.717) is 5.56 Å². The van der Waals surface area contributed by atoms with E-state index in [1.54, 1.807) is 4.90 Å². The minimum Gasteiger partial charge on any atom is -0.367 e. The van der Waals surface area contributed by atoms with Crippen molar-refractivity contribution in [2.75, 3.05) is 18.0 Å². The lowest BCUT2D eigenvalue weighted by atomic mass is 10.1. The Morgan fingerprint density at radius 3 is 2.12 bits per heavy atom. The Labute approximate surface area is 94.4 Å². The molecule has 16 heavy (non-hydrogen) atoms. The first-order valence-electron chi connectivity index (χ1n) is 5.59. The first-order chi connectivity index (χ1) is 7.72. The summed E-state index contributed by atoms with van der Waals surface area (Å²) < 4.78 is 27.5. The van der Waals surface area contributed by atoms with Crippen LogP contribution in [0.3, 0.4) is 0 Å². The van der Waals surface area contributed by atoms with Crippen LogP contribution in [0, 0.1) is 11.6 Å². The second-order valence-electron chi connectivity index (χ2n) is 4.08. The van der Waals surface area contributed by atoms with Crippen molar-refractivity contribution in [3.63, 3.8) is 0 Å². The molecule has 1 heterocycles. The monoisotopic (exact) mass is 223 g/mol. The summed E-state index contributed by atoms with van der Waals surface area (Å²) >= 11 is 0. The molecule has 1 saturated heterocycles. The maximum Gasteiger partial charge on any atom is 0.150 e. The van der Waals surface area contributed by atoms with E-state index >= 15 is 0 Å². The van der Waals surface area contributed by atoms with Crippen molar-refractivity contribution in [2.24, 2.45) is 0 Å². The number of benzene rings is 1. The number of anilines is 1. The molecule has 3 heteroatoms. The first-order valence-corrected chi connectivity index (χ1v) is 5.59. The van der Waals surface area contributed by atoms with Gasteiger partial charge in [0.2, 0.25) is 0 Å². The van der Waals surface area contributed by atoms with Gasteiger partial charge in [-0.1, -0.05) is 12.7 Å². The van der Waals surface area contributed by atoms with Gasteiger partial charge in [0.25, 0.3) is 0 Å². The van der Waals surface area contributed by atoms with Crippen LogP contribution < -0.4 is 4.90 Å². The van der Waals surface area contributed by atoms with E-state index in [-0.39, 0.29) is 5.69 Å². The Balaban J connectivity index is 2.35. The fourth-order valence-corrected chi connectivity index (χ4v) is 2.12. The standard InChI is InChI=1S/C13H15F2N/c1-2-10-8-11(14)13(12(15)9-10)16-6-4-3-5-7-16/h2,8-9H,1,3-7H2. The van der Waals surface area contributed by atoms with Crippen molar-refractivity contribution in [1.82, 2.24) is 0 Å². The van der Waals surface area contributed by atoms with Gasteiger partial charge in [0, 0.05) is 13.1 Å². The lowest BCUT2D eigenvalue weighted by Crippen LogP contribution is -2.31. The SMILES string of the molecule is C=Cc1cc(F)c(N2CCCCC2)c(F)c1. The van der Waals surface area contributed by atoms with Crippen LogP contribution in [-0.4, -0.2) is 13.1 Å². The Hall–Kier alpha value is -1.38. The average molecular weight is 223 g/mol. The molecule has 1 aliphatic rings. The molecule has 1 fully saturated rings. The van der Waals surface area contributed by atoms with E-state index in [1.165, 1.54) is 18.2 Å². The third-order valence-electron chi connectivity index (χ3n) is 2.95. The van der Waals surface area contributed by atoms with Crippen molar-refractivity contribution in [3.05, 3.63) is 35.9 Å². The Morgan fingerprint density at radius 1 is 1.06 bits per heavy atom. The van der Waals surface area contributed by atoms with Crippen LogP contribution in [0.2, 0.25) is 0 Å². The highest BCUT2D eigenvalue weighted by atomic mass is 19.1. The van der Waals surface area contributed by atoms with Gasteiger partial charge in [0.1, 0.15) is 17.3 Å². The normalized spacial score (nSPS) is 16.2. The van der Waals surface area contributed by atoms with Gasteiger partial charge in [-0.05, 0) is 37.0 Å². The van der Waals surface area contributed by atoms with Gasteiger partial charge in [-0.2, -0.15) is 0 Å². The molecule has 1 aromatic carbocycles. The highest BCUT2D eigenvalue weighted by Crippen LogP contribution is 2.27. The van der Waals surface area contributed by atoms with Gasteiger partial charge < -0.3 is 4.90 Å². The third kappa shape index (κ3) is 2.08. The van der Waals surface area contributed by atoms with Gasteiger partial charge in [-0.3, -0.25) is 0 Å². The molecule has 0 aromatic heterocycles. The second-order valence-corrected chi connectivity index (χ2v) is 4.08. The van der Waals surface area contributed by atoms with Gasteiger partial charge in [0.05, 0.1) is 0 Å². The zero-order valence-electron chi connectivity index (χ0n) is 9.18. The summed E-state index contributed by atoms with van der Waals surface area (Å²) in [7, 11) is 0. The van der Waals surface area contributed by atoms with Crippen LogP contribution in [-0.2, 0) is 0 Å². The summed E-state index contributed by atoms with van der Waals surface area (Å²) in [6.07, 6.45) is 4.60.